The Morgan fingerprint density at radius 3 is 2.75 bits per heavy atom. The van der Waals surface area contributed by atoms with Gasteiger partial charge in [-0.1, -0.05) is 33.6 Å². The van der Waals surface area contributed by atoms with Gasteiger partial charge in [0.15, 0.2) is 0 Å². The molecule has 2 N–H and O–H groups in total. The van der Waals surface area contributed by atoms with Gasteiger partial charge in [-0.15, -0.1) is 11.8 Å². The van der Waals surface area contributed by atoms with Crippen LogP contribution in [0.1, 0.15) is 5.56 Å². The summed E-state index contributed by atoms with van der Waals surface area (Å²) in [5.41, 5.74) is 7.00. The lowest BCUT2D eigenvalue weighted by atomic mass is 10.1. The summed E-state index contributed by atoms with van der Waals surface area (Å²) in [7, 11) is 0. The van der Waals surface area contributed by atoms with Crippen molar-refractivity contribution in [3.8, 4) is 0 Å². The van der Waals surface area contributed by atoms with Crippen LogP contribution in [0.2, 0.25) is 5.02 Å². The Kier molecular flexibility index (Phi) is 5.90. The molecule has 0 aliphatic heterocycles. The number of rotatable bonds is 5. The Bertz CT molecular complexity index is 574. The van der Waals surface area contributed by atoms with Gasteiger partial charge >= 0.3 is 0 Å². The van der Waals surface area contributed by atoms with E-state index >= 15 is 0 Å². The van der Waals surface area contributed by atoms with E-state index in [1.807, 2.05) is 30.3 Å². The molecule has 0 saturated heterocycles. The maximum atomic E-state index is 13.3. The van der Waals surface area contributed by atoms with Crippen molar-refractivity contribution in [2.45, 2.75) is 17.4 Å². The second-order valence-electron chi connectivity index (χ2n) is 4.51. The van der Waals surface area contributed by atoms with Crippen LogP contribution in [-0.4, -0.2) is 11.8 Å². The minimum atomic E-state index is -0.246. The van der Waals surface area contributed by atoms with Crippen LogP contribution >= 0.6 is 39.3 Å². The first-order valence-electron chi connectivity index (χ1n) is 6.12. The van der Waals surface area contributed by atoms with Gasteiger partial charge in [0.1, 0.15) is 5.82 Å². The molecule has 0 radical (unpaired) electrons. The van der Waals surface area contributed by atoms with Gasteiger partial charge in [0.2, 0.25) is 0 Å². The van der Waals surface area contributed by atoms with Gasteiger partial charge in [-0.2, -0.15) is 0 Å². The molecule has 1 nitrogen and oxygen atoms in total. The van der Waals surface area contributed by atoms with Crippen molar-refractivity contribution in [2.75, 3.05) is 5.75 Å². The number of thioether (sulfide) groups is 1. The molecule has 106 valence electrons. The van der Waals surface area contributed by atoms with Gasteiger partial charge in [-0.25, -0.2) is 4.39 Å². The summed E-state index contributed by atoms with van der Waals surface area (Å²) in [6.45, 7) is 0. The highest BCUT2D eigenvalue weighted by molar-refractivity contribution is 9.10. The fraction of sp³-hybridized carbons (Fsp3) is 0.200. The largest absolute Gasteiger partial charge is 0.327 e. The predicted octanol–water partition coefficient (Wildman–Crippen LogP) is 4.90. The van der Waals surface area contributed by atoms with E-state index in [0.717, 1.165) is 25.7 Å². The van der Waals surface area contributed by atoms with E-state index in [-0.39, 0.29) is 11.9 Å². The molecule has 1 unspecified atom stereocenters. The van der Waals surface area contributed by atoms with Crippen LogP contribution in [0.5, 0.6) is 0 Å². The van der Waals surface area contributed by atoms with Gasteiger partial charge in [-0.05, 0) is 48.4 Å². The summed E-state index contributed by atoms with van der Waals surface area (Å²) in [6.07, 6.45) is 0.643. The molecule has 20 heavy (non-hydrogen) atoms. The zero-order valence-electron chi connectivity index (χ0n) is 10.7. The van der Waals surface area contributed by atoms with Crippen molar-refractivity contribution in [1.29, 1.82) is 0 Å². The second kappa shape index (κ2) is 7.46. The minimum absolute atomic E-state index is 0.0346. The molecular formula is C15H14BrClFNS. The number of hydrogen-bond acceptors (Lipinski definition) is 2. The summed E-state index contributed by atoms with van der Waals surface area (Å²) < 4.78 is 14.0. The quantitative estimate of drug-likeness (QED) is 0.753. The van der Waals surface area contributed by atoms with Crippen molar-refractivity contribution in [2.24, 2.45) is 5.73 Å². The summed E-state index contributed by atoms with van der Waals surface area (Å²) >= 11 is 10.9. The molecule has 0 heterocycles. The third-order valence-electron chi connectivity index (χ3n) is 2.68. The van der Waals surface area contributed by atoms with Gasteiger partial charge in [-0.3, -0.25) is 0 Å². The monoisotopic (exact) mass is 373 g/mol. The molecular weight excluding hydrogens is 361 g/mol. The first kappa shape index (κ1) is 15.8. The number of benzene rings is 2. The van der Waals surface area contributed by atoms with Gasteiger partial charge in [0, 0.05) is 26.2 Å². The zero-order chi connectivity index (χ0) is 14.5. The molecule has 2 aromatic carbocycles. The van der Waals surface area contributed by atoms with Crippen molar-refractivity contribution in [3.05, 3.63) is 63.3 Å². The molecule has 0 spiro atoms. The molecule has 0 aliphatic rings. The van der Waals surface area contributed by atoms with E-state index < -0.39 is 0 Å². The Hall–Kier alpha value is -0.550. The predicted molar refractivity (Wildman–Crippen MR) is 88.0 cm³/mol. The van der Waals surface area contributed by atoms with E-state index in [2.05, 4.69) is 15.9 Å². The van der Waals surface area contributed by atoms with Crippen molar-refractivity contribution < 1.29 is 4.39 Å². The highest BCUT2D eigenvalue weighted by Gasteiger charge is 2.07. The number of halogens is 3. The maximum absolute atomic E-state index is 13.3. The Balaban J connectivity index is 1.90. The molecule has 0 aliphatic carbocycles. The summed E-state index contributed by atoms with van der Waals surface area (Å²) in [4.78, 5) is 1.09. The smallest absolute Gasteiger partial charge is 0.124 e. The van der Waals surface area contributed by atoms with Crippen molar-refractivity contribution >= 4 is 39.3 Å². The second-order valence-corrected chi connectivity index (χ2v) is 6.96. The van der Waals surface area contributed by atoms with Crippen LogP contribution in [0.25, 0.3) is 0 Å². The van der Waals surface area contributed by atoms with E-state index in [0.29, 0.717) is 6.42 Å². The Labute approximate surface area is 135 Å². The number of nitrogens with two attached hydrogens (primary N) is 1. The molecule has 0 aromatic heterocycles. The third kappa shape index (κ3) is 5.09. The fourth-order valence-corrected chi connectivity index (χ4v) is 3.53. The van der Waals surface area contributed by atoms with E-state index in [4.69, 9.17) is 17.3 Å². The Morgan fingerprint density at radius 1 is 1.25 bits per heavy atom. The van der Waals surface area contributed by atoms with E-state index in [9.17, 15) is 4.39 Å². The summed E-state index contributed by atoms with van der Waals surface area (Å²) in [6, 6.07) is 12.5. The van der Waals surface area contributed by atoms with Gasteiger partial charge < -0.3 is 5.73 Å². The molecule has 0 fully saturated rings. The molecule has 2 aromatic rings. The van der Waals surface area contributed by atoms with Crippen molar-refractivity contribution in [3.63, 3.8) is 0 Å². The third-order valence-corrected chi connectivity index (χ3v) is 4.56. The molecule has 2 rings (SSSR count). The van der Waals surface area contributed by atoms with E-state index in [1.54, 1.807) is 11.8 Å². The molecule has 1 atom stereocenters. The standard InChI is InChI=1S/C15H14BrClFNS/c16-11-4-10(5-13(18)7-11)6-14(19)9-20-15-3-1-2-12(17)8-15/h1-5,7-8,14H,6,9,19H2. The zero-order valence-corrected chi connectivity index (χ0v) is 13.8. The summed E-state index contributed by atoms with van der Waals surface area (Å²) in [5.74, 6) is 0.512. The van der Waals surface area contributed by atoms with Crippen LogP contribution in [0.3, 0.4) is 0 Å². The maximum Gasteiger partial charge on any atom is 0.124 e. The molecule has 5 heteroatoms. The lowest BCUT2D eigenvalue weighted by Crippen LogP contribution is -2.25. The topological polar surface area (TPSA) is 26.0 Å². The van der Waals surface area contributed by atoms with Gasteiger partial charge in [0.25, 0.3) is 0 Å². The van der Waals surface area contributed by atoms with Crippen LogP contribution in [0.4, 0.5) is 4.39 Å². The Morgan fingerprint density at radius 2 is 2.05 bits per heavy atom. The number of hydrogen-bond donors (Lipinski definition) is 1. The molecule has 0 bridgehead atoms. The molecule has 0 amide bonds. The first-order chi connectivity index (χ1) is 9.52. The highest BCUT2D eigenvalue weighted by Crippen LogP contribution is 2.23. The lowest BCUT2D eigenvalue weighted by molar-refractivity contribution is 0.622. The van der Waals surface area contributed by atoms with Crippen LogP contribution in [-0.2, 0) is 6.42 Å². The average Bonchev–Trinajstić information content (AvgIpc) is 2.35. The highest BCUT2D eigenvalue weighted by atomic mass is 79.9. The van der Waals surface area contributed by atoms with Crippen LogP contribution < -0.4 is 5.73 Å². The minimum Gasteiger partial charge on any atom is -0.327 e. The summed E-state index contributed by atoms with van der Waals surface area (Å²) in [5, 5.41) is 0.720. The lowest BCUT2D eigenvalue weighted by Gasteiger charge is -2.12. The van der Waals surface area contributed by atoms with Crippen LogP contribution in [0.15, 0.2) is 51.8 Å². The SMILES string of the molecule is NC(CSc1cccc(Cl)c1)Cc1cc(F)cc(Br)c1. The molecule has 0 saturated carbocycles. The van der Waals surface area contributed by atoms with Gasteiger partial charge in [0.05, 0.1) is 0 Å². The fourth-order valence-electron chi connectivity index (χ4n) is 1.85. The van der Waals surface area contributed by atoms with Crippen LogP contribution in [0, 0.1) is 5.82 Å². The first-order valence-corrected chi connectivity index (χ1v) is 8.27. The van der Waals surface area contributed by atoms with E-state index in [1.165, 1.54) is 12.1 Å². The average molecular weight is 375 g/mol. The normalized spacial score (nSPS) is 12.4. The van der Waals surface area contributed by atoms with Crippen molar-refractivity contribution in [1.82, 2.24) is 0 Å².